The molecule has 0 saturated heterocycles. The van der Waals surface area contributed by atoms with E-state index in [4.69, 9.17) is 11.6 Å². The second kappa shape index (κ2) is 5.07. The Labute approximate surface area is 94.2 Å². The van der Waals surface area contributed by atoms with Crippen LogP contribution in [-0.2, 0) is 4.74 Å². The van der Waals surface area contributed by atoms with Crippen LogP contribution in [0.4, 0.5) is 8.78 Å². The third kappa shape index (κ3) is 2.57. The number of H-pyrrole nitrogens is 1. The Balaban J connectivity index is 3.21. The summed E-state index contributed by atoms with van der Waals surface area (Å²) in [5.41, 5.74) is -2.05. The Kier molecular flexibility index (Phi) is 4.00. The fourth-order valence-electron chi connectivity index (χ4n) is 1.04. The third-order valence-electron chi connectivity index (χ3n) is 1.73. The summed E-state index contributed by atoms with van der Waals surface area (Å²) in [7, 11) is 0. The quantitative estimate of drug-likeness (QED) is 0.838. The fourth-order valence-corrected chi connectivity index (χ4v) is 1.28. The van der Waals surface area contributed by atoms with Crippen LogP contribution in [0.3, 0.4) is 0 Å². The Morgan fingerprint density at radius 3 is 2.75 bits per heavy atom. The maximum atomic E-state index is 12.3. The van der Waals surface area contributed by atoms with Crippen molar-refractivity contribution in [3.8, 4) is 0 Å². The topological polar surface area (TPSA) is 59.2 Å². The zero-order valence-corrected chi connectivity index (χ0v) is 8.98. The van der Waals surface area contributed by atoms with Gasteiger partial charge in [-0.2, -0.15) is 0 Å². The molecular formula is C9H8ClF2NO3. The summed E-state index contributed by atoms with van der Waals surface area (Å²) in [6.45, 7) is 1.63. The monoisotopic (exact) mass is 251 g/mol. The van der Waals surface area contributed by atoms with E-state index in [9.17, 15) is 18.4 Å². The highest BCUT2D eigenvalue weighted by atomic mass is 35.5. The number of pyridine rings is 1. The van der Waals surface area contributed by atoms with Crippen molar-refractivity contribution >= 4 is 17.6 Å². The summed E-state index contributed by atoms with van der Waals surface area (Å²) in [6.07, 6.45) is -2.91. The highest BCUT2D eigenvalue weighted by molar-refractivity contribution is 6.31. The summed E-state index contributed by atoms with van der Waals surface area (Å²) < 4.78 is 29.2. The van der Waals surface area contributed by atoms with Gasteiger partial charge in [-0.05, 0) is 13.0 Å². The number of ether oxygens (including phenoxy) is 1. The molecule has 1 aromatic heterocycles. The van der Waals surface area contributed by atoms with Crippen molar-refractivity contribution in [1.29, 1.82) is 0 Å². The van der Waals surface area contributed by atoms with Crippen molar-refractivity contribution in [3.63, 3.8) is 0 Å². The molecule has 1 N–H and O–H groups in total. The van der Waals surface area contributed by atoms with Gasteiger partial charge in [-0.25, -0.2) is 13.6 Å². The number of hydrogen-bond donors (Lipinski definition) is 1. The Bertz CT molecular complexity index is 459. The van der Waals surface area contributed by atoms with E-state index in [1.807, 2.05) is 4.98 Å². The number of esters is 1. The van der Waals surface area contributed by atoms with Gasteiger partial charge in [0.05, 0.1) is 11.6 Å². The Morgan fingerprint density at radius 1 is 1.62 bits per heavy atom. The number of carbonyl (C=O) groups is 1. The molecule has 0 radical (unpaired) electrons. The average Bonchev–Trinajstić information content (AvgIpc) is 2.20. The van der Waals surface area contributed by atoms with Crippen molar-refractivity contribution in [3.05, 3.63) is 32.7 Å². The smallest absolute Gasteiger partial charge is 0.343 e. The predicted octanol–water partition coefficient (Wildman–Crippen LogP) is 2.14. The van der Waals surface area contributed by atoms with Gasteiger partial charge in [-0.15, -0.1) is 0 Å². The molecule has 16 heavy (non-hydrogen) atoms. The zero-order chi connectivity index (χ0) is 12.3. The summed E-state index contributed by atoms with van der Waals surface area (Å²) in [5.74, 6) is -0.897. The first-order valence-corrected chi connectivity index (χ1v) is 4.73. The number of aromatic nitrogens is 1. The Morgan fingerprint density at radius 2 is 2.25 bits per heavy atom. The number of halogens is 3. The van der Waals surface area contributed by atoms with E-state index in [-0.39, 0.29) is 11.6 Å². The van der Waals surface area contributed by atoms with Crippen molar-refractivity contribution in [2.24, 2.45) is 0 Å². The van der Waals surface area contributed by atoms with Crippen LogP contribution in [0.2, 0.25) is 5.02 Å². The molecule has 0 spiro atoms. The van der Waals surface area contributed by atoms with Crippen LogP contribution < -0.4 is 5.56 Å². The molecule has 4 nitrogen and oxygen atoms in total. The second-order valence-corrected chi connectivity index (χ2v) is 3.20. The van der Waals surface area contributed by atoms with E-state index in [2.05, 4.69) is 4.74 Å². The van der Waals surface area contributed by atoms with Crippen LogP contribution in [0.15, 0.2) is 10.9 Å². The number of aromatic amines is 1. The molecule has 0 unspecified atom stereocenters. The third-order valence-corrected chi connectivity index (χ3v) is 2.05. The van der Waals surface area contributed by atoms with Crippen LogP contribution in [0.5, 0.6) is 0 Å². The largest absolute Gasteiger partial charge is 0.462 e. The number of carbonyl (C=O) groups excluding carboxylic acids is 1. The van der Waals surface area contributed by atoms with Gasteiger partial charge in [0.2, 0.25) is 0 Å². The van der Waals surface area contributed by atoms with Gasteiger partial charge in [0.15, 0.2) is 0 Å². The molecule has 1 aromatic rings. The van der Waals surface area contributed by atoms with E-state index in [1.165, 1.54) is 0 Å². The van der Waals surface area contributed by atoms with Gasteiger partial charge in [-0.3, -0.25) is 4.79 Å². The molecule has 0 saturated carbocycles. The average molecular weight is 252 g/mol. The van der Waals surface area contributed by atoms with Crippen molar-refractivity contribution in [1.82, 2.24) is 4.98 Å². The van der Waals surface area contributed by atoms with Crippen LogP contribution >= 0.6 is 11.6 Å². The molecule has 0 bridgehead atoms. The molecule has 0 aromatic carbocycles. The molecule has 7 heteroatoms. The van der Waals surface area contributed by atoms with Gasteiger partial charge >= 0.3 is 5.97 Å². The van der Waals surface area contributed by atoms with E-state index in [0.717, 1.165) is 6.07 Å². The maximum Gasteiger partial charge on any atom is 0.343 e. The minimum Gasteiger partial charge on any atom is -0.462 e. The van der Waals surface area contributed by atoms with E-state index in [0.29, 0.717) is 0 Å². The van der Waals surface area contributed by atoms with Gasteiger partial charge < -0.3 is 9.72 Å². The second-order valence-electron chi connectivity index (χ2n) is 2.79. The van der Waals surface area contributed by atoms with Crippen molar-refractivity contribution < 1.29 is 18.3 Å². The fraction of sp³-hybridized carbons (Fsp3) is 0.333. The van der Waals surface area contributed by atoms with Crippen LogP contribution in [0.25, 0.3) is 0 Å². The summed E-state index contributed by atoms with van der Waals surface area (Å²) in [5, 5.41) is -0.377. The van der Waals surface area contributed by atoms with Crippen LogP contribution in [-0.4, -0.2) is 17.6 Å². The molecule has 88 valence electrons. The first-order valence-electron chi connectivity index (χ1n) is 4.35. The first kappa shape index (κ1) is 12.6. The molecule has 0 aliphatic rings. The molecule has 1 heterocycles. The van der Waals surface area contributed by atoms with Crippen molar-refractivity contribution in [2.45, 2.75) is 13.3 Å². The lowest BCUT2D eigenvalue weighted by Gasteiger charge is -2.05. The summed E-state index contributed by atoms with van der Waals surface area (Å²) in [4.78, 5) is 24.3. The van der Waals surface area contributed by atoms with Gasteiger partial charge in [-0.1, -0.05) is 11.6 Å². The normalized spacial score (nSPS) is 10.6. The number of rotatable bonds is 3. The molecule has 0 fully saturated rings. The lowest BCUT2D eigenvalue weighted by Crippen LogP contribution is -2.21. The molecule has 0 aliphatic heterocycles. The van der Waals surface area contributed by atoms with Gasteiger partial charge in [0.25, 0.3) is 12.0 Å². The van der Waals surface area contributed by atoms with Gasteiger partial charge in [0, 0.05) is 0 Å². The number of nitrogens with one attached hydrogen (secondary N) is 1. The molecule has 1 rings (SSSR count). The molecular weight excluding hydrogens is 244 g/mol. The SMILES string of the molecule is CCOC(=O)c1cc(Cl)c(C(F)F)[nH]c1=O. The van der Waals surface area contributed by atoms with Gasteiger partial charge in [0.1, 0.15) is 11.3 Å². The van der Waals surface area contributed by atoms with Crippen molar-refractivity contribution in [2.75, 3.05) is 6.61 Å². The maximum absolute atomic E-state index is 12.3. The Hall–Kier alpha value is -1.43. The van der Waals surface area contributed by atoms with Crippen LogP contribution in [0, 0.1) is 0 Å². The first-order chi connectivity index (χ1) is 7.47. The minimum atomic E-state index is -2.91. The highest BCUT2D eigenvalue weighted by Crippen LogP contribution is 2.23. The number of hydrogen-bond acceptors (Lipinski definition) is 3. The summed E-state index contributed by atoms with van der Waals surface area (Å²) >= 11 is 5.48. The summed E-state index contributed by atoms with van der Waals surface area (Å²) in [6, 6.07) is 0.875. The van der Waals surface area contributed by atoms with E-state index in [1.54, 1.807) is 6.92 Å². The molecule has 0 aliphatic carbocycles. The highest BCUT2D eigenvalue weighted by Gasteiger charge is 2.19. The molecule has 0 amide bonds. The van der Waals surface area contributed by atoms with Crippen LogP contribution in [0.1, 0.15) is 29.4 Å². The lowest BCUT2D eigenvalue weighted by molar-refractivity contribution is 0.0523. The lowest BCUT2D eigenvalue weighted by atomic mass is 10.2. The zero-order valence-electron chi connectivity index (χ0n) is 8.22. The predicted molar refractivity (Wildman–Crippen MR) is 53.0 cm³/mol. The minimum absolute atomic E-state index is 0.0759. The standard InChI is InChI=1S/C9H8ClF2NO3/c1-2-16-9(15)4-3-5(10)6(7(11)12)13-8(4)14/h3,7H,2H2,1H3,(H,13,14). The number of alkyl halides is 2. The van der Waals surface area contributed by atoms with E-state index >= 15 is 0 Å². The van der Waals surface area contributed by atoms with E-state index < -0.39 is 29.2 Å². The molecule has 0 atom stereocenters.